The quantitative estimate of drug-likeness (QED) is 0.831. The molecule has 0 spiro atoms. The summed E-state index contributed by atoms with van der Waals surface area (Å²) in [7, 11) is 0. The number of nitrogens with zero attached hydrogens (tertiary/aromatic N) is 1. The summed E-state index contributed by atoms with van der Waals surface area (Å²) < 4.78 is 5.67. The number of benzene rings is 1. The highest BCUT2D eigenvalue weighted by Crippen LogP contribution is 2.23. The van der Waals surface area contributed by atoms with Crippen molar-refractivity contribution in [3.05, 3.63) is 51.7 Å². The lowest BCUT2D eigenvalue weighted by molar-refractivity contribution is 0.0697. The summed E-state index contributed by atoms with van der Waals surface area (Å²) >= 11 is 1.86. The van der Waals surface area contributed by atoms with Crippen LogP contribution in [0, 0.1) is 0 Å². The van der Waals surface area contributed by atoms with Crippen molar-refractivity contribution in [3.8, 4) is 5.75 Å². The van der Waals surface area contributed by atoms with E-state index in [1.54, 1.807) is 24.3 Å². The molecule has 0 saturated carbocycles. The monoisotopic (exact) mass is 317 g/mol. The SMILES string of the molecule is O=C(O)c1ccc(OCCCN2CCc3sccc3C2)cc1. The van der Waals surface area contributed by atoms with Gasteiger partial charge < -0.3 is 9.84 Å². The van der Waals surface area contributed by atoms with E-state index in [2.05, 4.69) is 16.3 Å². The molecular weight excluding hydrogens is 298 g/mol. The Morgan fingerprint density at radius 2 is 2.09 bits per heavy atom. The Bertz CT molecular complexity index is 636. The van der Waals surface area contributed by atoms with Crippen LogP contribution in [0.25, 0.3) is 0 Å². The van der Waals surface area contributed by atoms with Crippen LogP contribution in [0.3, 0.4) is 0 Å². The van der Waals surface area contributed by atoms with Gasteiger partial charge in [0.1, 0.15) is 5.75 Å². The van der Waals surface area contributed by atoms with E-state index in [1.165, 1.54) is 10.4 Å². The van der Waals surface area contributed by atoms with Gasteiger partial charge in [0.15, 0.2) is 0 Å². The minimum atomic E-state index is -0.913. The van der Waals surface area contributed by atoms with Crippen molar-refractivity contribution in [2.24, 2.45) is 0 Å². The van der Waals surface area contributed by atoms with Gasteiger partial charge in [0, 0.05) is 24.5 Å². The van der Waals surface area contributed by atoms with Crippen molar-refractivity contribution in [1.29, 1.82) is 0 Å². The Labute approximate surface area is 134 Å². The molecule has 5 heteroatoms. The minimum absolute atomic E-state index is 0.284. The summed E-state index contributed by atoms with van der Waals surface area (Å²) in [6.07, 6.45) is 2.13. The molecule has 0 amide bonds. The van der Waals surface area contributed by atoms with E-state index in [-0.39, 0.29) is 5.56 Å². The number of thiophene rings is 1. The smallest absolute Gasteiger partial charge is 0.335 e. The Kier molecular flexibility index (Phi) is 4.75. The highest BCUT2D eigenvalue weighted by molar-refractivity contribution is 7.10. The molecular formula is C17H19NO3S. The zero-order valence-corrected chi connectivity index (χ0v) is 13.1. The number of hydrogen-bond acceptors (Lipinski definition) is 4. The molecule has 2 heterocycles. The first-order valence-electron chi connectivity index (χ1n) is 7.46. The maximum atomic E-state index is 10.8. The van der Waals surface area contributed by atoms with Crippen molar-refractivity contribution in [2.75, 3.05) is 19.7 Å². The molecule has 3 rings (SSSR count). The lowest BCUT2D eigenvalue weighted by atomic mass is 10.1. The van der Waals surface area contributed by atoms with Crippen LogP contribution in [0.2, 0.25) is 0 Å². The first-order chi connectivity index (χ1) is 10.7. The average Bonchev–Trinajstić information content (AvgIpc) is 2.99. The molecule has 0 saturated heterocycles. The number of ether oxygens (including phenoxy) is 1. The third-order valence-electron chi connectivity index (χ3n) is 3.88. The molecule has 1 aromatic heterocycles. The number of carboxylic acid groups (broad SMARTS) is 1. The molecule has 1 aliphatic rings. The van der Waals surface area contributed by atoms with Crippen LogP contribution < -0.4 is 4.74 Å². The maximum absolute atomic E-state index is 10.8. The van der Waals surface area contributed by atoms with Gasteiger partial charge in [-0.15, -0.1) is 11.3 Å². The van der Waals surface area contributed by atoms with E-state index in [4.69, 9.17) is 9.84 Å². The number of carboxylic acids is 1. The van der Waals surface area contributed by atoms with Crippen LogP contribution in [0.1, 0.15) is 27.2 Å². The Morgan fingerprint density at radius 1 is 1.27 bits per heavy atom. The van der Waals surface area contributed by atoms with E-state index in [0.29, 0.717) is 6.61 Å². The Hall–Kier alpha value is -1.85. The molecule has 1 N–H and O–H groups in total. The summed E-state index contributed by atoms with van der Waals surface area (Å²) in [5, 5.41) is 11.0. The van der Waals surface area contributed by atoms with Gasteiger partial charge in [-0.1, -0.05) is 0 Å². The third-order valence-corrected chi connectivity index (χ3v) is 4.90. The van der Waals surface area contributed by atoms with Gasteiger partial charge in [0.05, 0.1) is 12.2 Å². The zero-order valence-electron chi connectivity index (χ0n) is 12.3. The number of rotatable bonds is 6. The number of hydrogen-bond donors (Lipinski definition) is 1. The van der Waals surface area contributed by atoms with E-state index in [1.807, 2.05) is 11.3 Å². The first kappa shape index (κ1) is 15.1. The van der Waals surface area contributed by atoms with Gasteiger partial charge in [-0.2, -0.15) is 0 Å². The van der Waals surface area contributed by atoms with Crippen molar-refractivity contribution in [3.63, 3.8) is 0 Å². The molecule has 0 bridgehead atoms. The maximum Gasteiger partial charge on any atom is 0.335 e. The van der Waals surface area contributed by atoms with Gasteiger partial charge in [0.2, 0.25) is 0 Å². The largest absolute Gasteiger partial charge is 0.494 e. The number of aromatic carboxylic acids is 1. The van der Waals surface area contributed by atoms with Crippen LogP contribution in [-0.2, 0) is 13.0 Å². The predicted molar refractivity (Wildman–Crippen MR) is 86.8 cm³/mol. The Balaban J connectivity index is 1.40. The molecule has 2 aromatic rings. The van der Waals surface area contributed by atoms with Gasteiger partial charge >= 0.3 is 5.97 Å². The fourth-order valence-electron chi connectivity index (χ4n) is 2.67. The predicted octanol–water partition coefficient (Wildman–Crippen LogP) is 3.27. The molecule has 1 aromatic carbocycles. The molecule has 0 atom stereocenters. The Morgan fingerprint density at radius 3 is 2.86 bits per heavy atom. The summed E-state index contributed by atoms with van der Waals surface area (Å²) in [6.45, 7) is 3.86. The van der Waals surface area contributed by atoms with Crippen LogP contribution in [0.5, 0.6) is 5.75 Å². The van der Waals surface area contributed by atoms with Crippen LogP contribution >= 0.6 is 11.3 Å². The van der Waals surface area contributed by atoms with Gasteiger partial charge in [0.25, 0.3) is 0 Å². The second-order valence-electron chi connectivity index (χ2n) is 5.43. The molecule has 0 fully saturated rings. The minimum Gasteiger partial charge on any atom is -0.494 e. The van der Waals surface area contributed by atoms with Crippen LogP contribution in [0.4, 0.5) is 0 Å². The third kappa shape index (κ3) is 3.67. The van der Waals surface area contributed by atoms with Crippen LogP contribution in [-0.4, -0.2) is 35.7 Å². The van der Waals surface area contributed by atoms with Gasteiger partial charge in [-0.25, -0.2) is 4.79 Å². The standard InChI is InChI=1S/C17H19NO3S/c19-17(20)13-2-4-15(5-3-13)21-10-1-8-18-9-6-16-14(12-18)7-11-22-16/h2-5,7,11H,1,6,8-10,12H2,(H,19,20). The second-order valence-corrected chi connectivity index (χ2v) is 6.43. The van der Waals surface area contributed by atoms with E-state index >= 15 is 0 Å². The fraction of sp³-hybridized carbons (Fsp3) is 0.353. The van der Waals surface area contributed by atoms with Gasteiger partial charge in [-0.05, 0) is 54.1 Å². The lowest BCUT2D eigenvalue weighted by Crippen LogP contribution is -2.31. The summed E-state index contributed by atoms with van der Waals surface area (Å²) in [6, 6.07) is 8.79. The van der Waals surface area contributed by atoms with Crippen molar-refractivity contribution in [2.45, 2.75) is 19.4 Å². The topological polar surface area (TPSA) is 49.8 Å². The second kappa shape index (κ2) is 6.94. The highest BCUT2D eigenvalue weighted by Gasteiger charge is 2.16. The van der Waals surface area contributed by atoms with Crippen LogP contribution in [0.15, 0.2) is 35.7 Å². The molecule has 0 unspecified atom stereocenters. The summed E-state index contributed by atoms with van der Waals surface area (Å²) in [4.78, 5) is 14.8. The average molecular weight is 317 g/mol. The van der Waals surface area contributed by atoms with Crippen molar-refractivity contribution >= 4 is 17.3 Å². The molecule has 22 heavy (non-hydrogen) atoms. The lowest BCUT2D eigenvalue weighted by Gasteiger charge is -2.26. The zero-order chi connectivity index (χ0) is 15.4. The van der Waals surface area contributed by atoms with Crippen molar-refractivity contribution < 1.29 is 14.6 Å². The van der Waals surface area contributed by atoms with E-state index in [9.17, 15) is 4.79 Å². The van der Waals surface area contributed by atoms with E-state index < -0.39 is 5.97 Å². The van der Waals surface area contributed by atoms with E-state index in [0.717, 1.165) is 38.2 Å². The van der Waals surface area contributed by atoms with Gasteiger partial charge in [-0.3, -0.25) is 4.90 Å². The first-order valence-corrected chi connectivity index (χ1v) is 8.34. The summed E-state index contributed by atoms with van der Waals surface area (Å²) in [5.74, 6) is -0.187. The summed E-state index contributed by atoms with van der Waals surface area (Å²) in [5.41, 5.74) is 1.76. The molecule has 1 aliphatic heterocycles. The highest BCUT2D eigenvalue weighted by atomic mass is 32.1. The molecule has 0 radical (unpaired) electrons. The molecule has 0 aliphatic carbocycles. The molecule has 4 nitrogen and oxygen atoms in total. The fourth-order valence-corrected chi connectivity index (χ4v) is 3.56. The number of fused-ring (bicyclic) bond motifs is 1. The van der Waals surface area contributed by atoms with Crippen molar-refractivity contribution in [1.82, 2.24) is 4.90 Å². The molecule has 116 valence electrons. The number of carbonyl (C=O) groups is 1. The normalized spacial score (nSPS) is 14.5.